The quantitative estimate of drug-likeness (QED) is 0.241. The van der Waals surface area contributed by atoms with Gasteiger partial charge in [-0.2, -0.15) is 0 Å². The lowest BCUT2D eigenvalue weighted by Gasteiger charge is -2.42. The minimum atomic E-state index is -0.760. The second kappa shape index (κ2) is 13.7. The second-order valence-electron chi connectivity index (χ2n) is 11.0. The van der Waals surface area contributed by atoms with Crippen LogP contribution < -0.4 is 27.4 Å². The van der Waals surface area contributed by atoms with Gasteiger partial charge in [0, 0.05) is 31.1 Å². The van der Waals surface area contributed by atoms with Crippen LogP contribution >= 0.6 is 11.6 Å². The van der Waals surface area contributed by atoms with Gasteiger partial charge in [0.25, 0.3) is 0 Å². The number of hydrogen-bond donors (Lipinski definition) is 5. The standard InChI is InChI=1S/C25H48ClN5O3/c1-3-4-9-25(2)10-7-17(26)14-30-19(13-25)22(23(27)28)24(32)31-20-15-29-11-8-21(20)34-18-6-5-12-33-16-18/h17-23,29-30H,3-16,27-28H2,1-2H3,(H,31,32). The highest BCUT2D eigenvalue weighted by Crippen LogP contribution is 2.38. The van der Waals surface area contributed by atoms with Gasteiger partial charge in [0.1, 0.15) is 0 Å². The van der Waals surface area contributed by atoms with E-state index in [4.69, 9.17) is 32.5 Å². The maximum Gasteiger partial charge on any atom is 0.227 e. The summed E-state index contributed by atoms with van der Waals surface area (Å²) in [6, 6.07) is -0.240. The van der Waals surface area contributed by atoms with E-state index in [-0.39, 0.29) is 41.0 Å². The molecule has 3 saturated heterocycles. The highest BCUT2D eigenvalue weighted by atomic mass is 35.5. The zero-order valence-corrected chi connectivity index (χ0v) is 22.0. The van der Waals surface area contributed by atoms with E-state index in [0.29, 0.717) is 19.7 Å². The Hall–Kier alpha value is -0.480. The number of piperidine rings is 1. The first-order chi connectivity index (χ1) is 16.3. The molecule has 34 heavy (non-hydrogen) atoms. The van der Waals surface area contributed by atoms with Crippen molar-refractivity contribution >= 4 is 17.5 Å². The smallest absolute Gasteiger partial charge is 0.227 e. The number of hydrogen-bond acceptors (Lipinski definition) is 7. The lowest BCUT2D eigenvalue weighted by atomic mass is 9.72. The van der Waals surface area contributed by atoms with Gasteiger partial charge in [0.2, 0.25) is 5.91 Å². The fourth-order valence-corrected chi connectivity index (χ4v) is 5.99. The average molecular weight is 502 g/mol. The summed E-state index contributed by atoms with van der Waals surface area (Å²) in [4.78, 5) is 13.6. The number of rotatable bonds is 9. The summed E-state index contributed by atoms with van der Waals surface area (Å²) in [5, 5.41) is 10.3. The number of nitrogens with two attached hydrogens (primary N) is 2. The summed E-state index contributed by atoms with van der Waals surface area (Å²) in [7, 11) is 0. The third kappa shape index (κ3) is 8.29. The Labute approximate surface area is 211 Å². The monoisotopic (exact) mass is 501 g/mol. The highest BCUT2D eigenvalue weighted by Gasteiger charge is 2.40. The van der Waals surface area contributed by atoms with Gasteiger partial charge in [-0.15, -0.1) is 11.6 Å². The van der Waals surface area contributed by atoms with Crippen LogP contribution in [0.2, 0.25) is 0 Å². The molecule has 0 aromatic heterocycles. The van der Waals surface area contributed by atoms with Crippen molar-refractivity contribution in [3.63, 3.8) is 0 Å². The number of alkyl halides is 1. The van der Waals surface area contributed by atoms with E-state index in [9.17, 15) is 4.79 Å². The number of halogens is 1. The fraction of sp³-hybridized carbons (Fsp3) is 0.960. The average Bonchev–Trinajstić information content (AvgIpc) is 2.81. The van der Waals surface area contributed by atoms with Crippen LogP contribution in [0.3, 0.4) is 0 Å². The molecule has 3 fully saturated rings. The summed E-state index contributed by atoms with van der Waals surface area (Å²) in [6.45, 7) is 8.18. The molecule has 7 N–H and O–H groups in total. The molecule has 7 unspecified atom stereocenters. The van der Waals surface area contributed by atoms with Gasteiger partial charge in [-0.05, 0) is 56.9 Å². The Morgan fingerprint density at radius 2 is 2.12 bits per heavy atom. The van der Waals surface area contributed by atoms with E-state index in [2.05, 4.69) is 29.8 Å². The van der Waals surface area contributed by atoms with Crippen molar-refractivity contribution in [2.75, 3.05) is 32.8 Å². The molecule has 3 rings (SSSR count). The Balaban J connectivity index is 1.69. The molecule has 7 atom stereocenters. The molecule has 3 heterocycles. The van der Waals surface area contributed by atoms with Gasteiger partial charge in [0.05, 0.1) is 36.9 Å². The van der Waals surface area contributed by atoms with Crippen molar-refractivity contribution in [3.05, 3.63) is 0 Å². The van der Waals surface area contributed by atoms with E-state index in [1.807, 2.05) is 0 Å². The minimum Gasteiger partial charge on any atom is -0.379 e. The first-order valence-electron chi connectivity index (χ1n) is 13.4. The molecule has 9 heteroatoms. The van der Waals surface area contributed by atoms with Crippen LogP contribution in [0.5, 0.6) is 0 Å². The van der Waals surface area contributed by atoms with E-state index in [1.165, 1.54) is 6.42 Å². The zero-order valence-electron chi connectivity index (χ0n) is 21.2. The number of carbonyl (C=O) groups is 1. The maximum atomic E-state index is 13.6. The van der Waals surface area contributed by atoms with Crippen LogP contribution in [0.4, 0.5) is 0 Å². The summed E-state index contributed by atoms with van der Waals surface area (Å²) in [5.74, 6) is -0.636. The topological polar surface area (TPSA) is 124 Å². The molecule has 1 amide bonds. The van der Waals surface area contributed by atoms with Crippen LogP contribution in [0, 0.1) is 11.3 Å². The highest BCUT2D eigenvalue weighted by molar-refractivity contribution is 6.20. The predicted octanol–water partition coefficient (Wildman–Crippen LogP) is 1.83. The molecule has 3 aliphatic rings. The van der Waals surface area contributed by atoms with Crippen LogP contribution in [0.15, 0.2) is 0 Å². The molecule has 198 valence electrons. The lowest BCUT2D eigenvalue weighted by Crippen LogP contribution is -2.62. The van der Waals surface area contributed by atoms with Crippen LogP contribution in [0.1, 0.15) is 71.6 Å². The largest absolute Gasteiger partial charge is 0.379 e. The molecule has 0 radical (unpaired) electrons. The van der Waals surface area contributed by atoms with Crippen molar-refractivity contribution in [1.29, 1.82) is 0 Å². The van der Waals surface area contributed by atoms with Crippen LogP contribution in [-0.2, 0) is 14.3 Å². The lowest BCUT2D eigenvalue weighted by molar-refractivity contribution is -0.132. The Morgan fingerprint density at radius 1 is 1.29 bits per heavy atom. The van der Waals surface area contributed by atoms with Gasteiger partial charge in [-0.1, -0.05) is 26.7 Å². The Morgan fingerprint density at radius 3 is 2.82 bits per heavy atom. The third-order valence-electron chi connectivity index (χ3n) is 7.89. The molecule has 0 spiro atoms. The van der Waals surface area contributed by atoms with Gasteiger partial charge in [-0.3, -0.25) is 4.79 Å². The summed E-state index contributed by atoms with van der Waals surface area (Å²) in [6.07, 6.45) is 8.49. The third-order valence-corrected chi connectivity index (χ3v) is 8.26. The summed E-state index contributed by atoms with van der Waals surface area (Å²) >= 11 is 6.59. The molecule has 8 nitrogen and oxygen atoms in total. The molecule has 0 aromatic carbocycles. The van der Waals surface area contributed by atoms with Crippen LogP contribution in [-0.4, -0.2) is 74.6 Å². The molecule has 3 aliphatic heterocycles. The molecule has 0 bridgehead atoms. The van der Waals surface area contributed by atoms with Crippen molar-refractivity contribution in [1.82, 2.24) is 16.0 Å². The SMILES string of the molecule is CCCCC1(C)CCC(Cl)CNC(C(C(=O)NC2CNCCC2OC2CCCOC2)C(N)N)C1. The molecule has 0 aliphatic carbocycles. The van der Waals surface area contributed by atoms with Crippen LogP contribution in [0.25, 0.3) is 0 Å². The predicted molar refractivity (Wildman–Crippen MR) is 137 cm³/mol. The summed E-state index contributed by atoms with van der Waals surface area (Å²) in [5.41, 5.74) is 12.6. The number of carbonyl (C=O) groups excluding carboxylic acids is 1. The van der Waals surface area contributed by atoms with Crippen molar-refractivity contribution in [3.8, 4) is 0 Å². The first kappa shape index (κ1) is 28.1. The van der Waals surface area contributed by atoms with Gasteiger partial charge in [-0.25, -0.2) is 0 Å². The van der Waals surface area contributed by atoms with E-state index in [1.54, 1.807) is 0 Å². The minimum absolute atomic E-state index is 0.0412. The fourth-order valence-electron chi connectivity index (χ4n) is 5.79. The second-order valence-corrected chi connectivity index (χ2v) is 11.6. The van der Waals surface area contributed by atoms with E-state index >= 15 is 0 Å². The number of nitrogens with one attached hydrogen (secondary N) is 3. The van der Waals surface area contributed by atoms with Crippen molar-refractivity contribution in [2.45, 2.75) is 107 Å². The van der Waals surface area contributed by atoms with Gasteiger partial charge >= 0.3 is 0 Å². The Bertz CT molecular complexity index is 621. The van der Waals surface area contributed by atoms with Gasteiger partial charge < -0.3 is 36.9 Å². The van der Waals surface area contributed by atoms with Crippen molar-refractivity contribution < 1.29 is 14.3 Å². The number of ether oxygens (including phenoxy) is 2. The normalized spacial score (nSPS) is 36.5. The van der Waals surface area contributed by atoms with Gasteiger partial charge in [0.15, 0.2) is 0 Å². The maximum absolute atomic E-state index is 13.6. The summed E-state index contributed by atoms with van der Waals surface area (Å²) < 4.78 is 12.0. The molecule has 0 aromatic rings. The van der Waals surface area contributed by atoms with Crippen molar-refractivity contribution in [2.24, 2.45) is 22.8 Å². The molecular formula is C25H48ClN5O3. The molecule has 0 saturated carbocycles. The number of unbranched alkanes of at least 4 members (excludes halogenated alkanes) is 1. The van der Waals surface area contributed by atoms with E-state index in [0.717, 1.165) is 64.5 Å². The first-order valence-corrected chi connectivity index (χ1v) is 13.9. The Kier molecular flexibility index (Phi) is 11.3. The number of amides is 1. The zero-order chi connectivity index (χ0) is 24.6. The van der Waals surface area contributed by atoms with E-state index < -0.39 is 12.1 Å². The molecular weight excluding hydrogens is 454 g/mol.